The zero-order valence-electron chi connectivity index (χ0n) is 58.3. The van der Waals surface area contributed by atoms with Crippen LogP contribution in [0.4, 0.5) is 0 Å². The van der Waals surface area contributed by atoms with Gasteiger partial charge >= 0.3 is 0 Å². The molecule has 1 aliphatic heterocycles. The van der Waals surface area contributed by atoms with Crippen molar-refractivity contribution in [1.82, 2.24) is 55.6 Å². The molecule has 1 rings (SSSR count). The zero-order valence-corrected chi connectivity index (χ0v) is 59.9. The highest BCUT2D eigenvalue weighted by Crippen LogP contribution is 2.26. The highest BCUT2D eigenvalue weighted by Gasteiger charge is 2.45. The molecule has 1 aliphatic rings. The monoisotopic (exact) mass is 1300 g/mol. The van der Waals surface area contributed by atoms with E-state index < -0.39 is 156 Å². The molecule has 0 aromatic rings. The number of halogens is 2. The van der Waals surface area contributed by atoms with Gasteiger partial charge in [-0.2, -0.15) is 0 Å². The van der Waals surface area contributed by atoms with E-state index in [4.69, 9.17) is 0 Å². The minimum Gasteiger partial charge on any atom is -0.390 e. The Morgan fingerprint density at radius 3 is 1.29 bits per heavy atom. The predicted molar refractivity (Wildman–Crippen MR) is 354 cm³/mol. The highest BCUT2D eigenvalue weighted by molar-refractivity contribution is 5.99. The molecular formula is C64H117Cl2N11O12. The third-order valence-electron chi connectivity index (χ3n) is 16.1. The number of allylic oxidation sites excluding steroid dienone is 2. The van der Waals surface area contributed by atoms with Crippen LogP contribution in [0.25, 0.3) is 0 Å². The quantitative estimate of drug-likeness (QED) is 0.137. The van der Waals surface area contributed by atoms with Crippen molar-refractivity contribution in [2.75, 3.05) is 55.9 Å². The average Bonchev–Trinajstić information content (AvgIpc) is 3.59. The van der Waals surface area contributed by atoms with E-state index in [0.29, 0.717) is 6.42 Å². The molecule has 1 fully saturated rings. The molecule has 0 aromatic heterocycles. The van der Waals surface area contributed by atoms with Gasteiger partial charge in [-0.15, -0.1) is 38.0 Å². The van der Waals surface area contributed by atoms with E-state index in [-0.39, 0.29) is 80.6 Å². The summed E-state index contributed by atoms with van der Waals surface area (Å²) in [6.45, 7) is 35.3. The summed E-state index contributed by atoms with van der Waals surface area (Å²) in [6, 6.07) is -12.3. The van der Waals surface area contributed by atoms with Crippen LogP contribution in [-0.4, -0.2) is 227 Å². The Bertz CT molecular complexity index is 2360. The minimum atomic E-state index is -1.61. The number of amides is 11. The van der Waals surface area contributed by atoms with E-state index in [9.17, 15) is 48.3 Å². The molecule has 12 atom stereocenters. The minimum absolute atomic E-state index is 0. The van der Waals surface area contributed by atoms with Crippen molar-refractivity contribution in [3.63, 3.8) is 0 Å². The molecule has 0 bridgehead atoms. The van der Waals surface area contributed by atoms with Gasteiger partial charge in [0.05, 0.1) is 12.6 Å². The zero-order chi connectivity index (χ0) is 68.0. The summed E-state index contributed by atoms with van der Waals surface area (Å²) in [5.74, 6) is -9.71. The van der Waals surface area contributed by atoms with Crippen molar-refractivity contribution in [3.05, 3.63) is 25.3 Å². The first kappa shape index (κ1) is 87.4. The third-order valence-corrected chi connectivity index (χ3v) is 16.1. The van der Waals surface area contributed by atoms with Crippen molar-refractivity contribution < 1.29 is 57.8 Å². The summed E-state index contributed by atoms with van der Waals surface area (Å²) < 4.78 is 0. The van der Waals surface area contributed by atoms with Crippen LogP contribution in [0.3, 0.4) is 0 Å². The van der Waals surface area contributed by atoms with Crippen molar-refractivity contribution >= 4 is 89.8 Å². The van der Waals surface area contributed by atoms with Gasteiger partial charge in [0.25, 0.3) is 0 Å². The number of likely N-dealkylation sites (N-methyl/N-ethyl adjacent to an activating group) is 7. The Hall–Kier alpha value is -5.81. The maximum atomic E-state index is 15.1. The first-order valence-corrected chi connectivity index (χ1v) is 31.1. The summed E-state index contributed by atoms with van der Waals surface area (Å²) in [6.07, 6.45) is 3.04. The van der Waals surface area contributed by atoms with Crippen LogP contribution < -0.4 is 21.3 Å². The molecule has 0 unspecified atom stereocenters. The van der Waals surface area contributed by atoms with Gasteiger partial charge in [0.1, 0.15) is 60.4 Å². The van der Waals surface area contributed by atoms with E-state index >= 15 is 9.59 Å². The summed E-state index contributed by atoms with van der Waals surface area (Å²) >= 11 is 0. The first-order valence-electron chi connectivity index (χ1n) is 31.1. The number of aliphatic hydroxyl groups is 1. The lowest BCUT2D eigenvalue weighted by atomic mass is 9.91. The predicted octanol–water partition coefficient (Wildman–Crippen LogP) is 4.91. The summed E-state index contributed by atoms with van der Waals surface area (Å²) in [4.78, 5) is 169. The van der Waals surface area contributed by atoms with Gasteiger partial charge in [0, 0.05) is 49.3 Å². The van der Waals surface area contributed by atoms with Crippen LogP contribution in [0.2, 0.25) is 0 Å². The van der Waals surface area contributed by atoms with Crippen molar-refractivity contribution in [3.8, 4) is 0 Å². The number of rotatable bonds is 15. The molecule has 5 N–H and O–H groups in total. The molecule has 0 aromatic carbocycles. The molecule has 0 spiro atoms. The number of hydrogen-bond acceptors (Lipinski definition) is 12. The largest absolute Gasteiger partial charge is 0.390 e. The normalized spacial score (nSPS) is 25.7. The van der Waals surface area contributed by atoms with Gasteiger partial charge in [-0.1, -0.05) is 109 Å². The second-order valence-corrected chi connectivity index (χ2v) is 26.1. The van der Waals surface area contributed by atoms with Crippen LogP contribution in [0, 0.1) is 41.4 Å². The Kier molecular flexibility index (Phi) is 40.1. The highest BCUT2D eigenvalue weighted by atomic mass is 35.5. The van der Waals surface area contributed by atoms with Gasteiger partial charge in [-0.05, 0) is 101 Å². The number of nitrogens with one attached hydrogen (secondary N) is 4. The van der Waals surface area contributed by atoms with E-state index in [2.05, 4.69) is 34.4 Å². The topological polar surface area (TPSA) is 279 Å². The number of carbonyl (C=O) groups is 11. The van der Waals surface area contributed by atoms with Crippen LogP contribution in [0.15, 0.2) is 25.3 Å². The second kappa shape index (κ2) is 40.8. The fraction of sp³-hybridized carbons (Fsp3) is 0.766. The first-order chi connectivity index (χ1) is 40.2. The van der Waals surface area contributed by atoms with Crippen LogP contribution in [0.5, 0.6) is 0 Å². The molecular weight excluding hydrogens is 1190 g/mol. The van der Waals surface area contributed by atoms with Crippen molar-refractivity contribution in [2.45, 2.75) is 223 Å². The number of aliphatic hydroxyl groups excluding tert-OH is 1. The lowest BCUT2D eigenvalue weighted by molar-refractivity contribution is -0.157. The van der Waals surface area contributed by atoms with Gasteiger partial charge in [0.15, 0.2) is 0 Å². The summed E-state index contributed by atoms with van der Waals surface area (Å²) in [5.41, 5.74) is 0. The van der Waals surface area contributed by atoms with E-state index in [0.717, 1.165) is 9.80 Å². The Morgan fingerprint density at radius 1 is 0.472 bits per heavy atom. The maximum Gasteiger partial charge on any atom is 0.246 e. The van der Waals surface area contributed by atoms with Gasteiger partial charge in [-0.3, -0.25) is 52.7 Å². The van der Waals surface area contributed by atoms with Gasteiger partial charge in [-0.25, -0.2) is 0 Å². The Balaban J connectivity index is -0.0000183. The molecule has 0 aliphatic carbocycles. The lowest BCUT2D eigenvalue weighted by Gasteiger charge is -2.41. The number of carbonyl (C=O) groups excluding carboxylic acids is 11. The molecule has 0 radical (unpaired) electrons. The average molecular weight is 1300 g/mol. The third kappa shape index (κ3) is 25.4. The fourth-order valence-electron chi connectivity index (χ4n) is 10.7. The van der Waals surface area contributed by atoms with Crippen LogP contribution >= 0.6 is 24.8 Å². The summed E-state index contributed by atoms with van der Waals surface area (Å²) in [5, 5.41) is 23.1. The smallest absolute Gasteiger partial charge is 0.246 e. The lowest BCUT2D eigenvalue weighted by Crippen LogP contribution is -2.63. The molecule has 23 nitrogen and oxygen atoms in total. The maximum absolute atomic E-state index is 15.1. The number of nitrogens with zero attached hydrogens (tertiary/aromatic N) is 7. The molecule has 89 heavy (non-hydrogen) atoms. The van der Waals surface area contributed by atoms with Gasteiger partial charge in [0.2, 0.25) is 65.0 Å². The molecule has 1 heterocycles. The standard InChI is InChI=1S/C62H111N11O12.C2H4.2ClH/c1-25-27-28-40(15)52(75)51-56(79)65-43(26-2)58(81)67(18)33-48(74)68(19)44(29-34(3)4)55(78)66-49(38(11)12)61(84)69(20)45(30-35(5)6)54(77)63-41(16)53(76)64-42(17)57(80)70(21)46(31-36(7)8)59(82)71(22)47(32-37(9)10)60(83)72(23)50(39(13)14)62(85)73(51)24;1-2;;/h25,27,34-47,49-52,75H,26,28-33H2,1-24H3,(H,63,77)(H,64,76)(H,65,79)(H,66,78);1-2H2;2*1H/t40-,41+,42-,43+,44+,45+,46+,47+,49+,50+,51+,52-;;;/m1.../s1. The molecule has 1 saturated heterocycles. The Morgan fingerprint density at radius 2 is 0.865 bits per heavy atom. The molecule has 25 heteroatoms. The summed E-state index contributed by atoms with van der Waals surface area (Å²) in [7, 11) is 9.92. The van der Waals surface area contributed by atoms with E-state index in [1.54, 1.807) is 54.5 Å². The van der Waals surface area contributed by atoms with E-state index in [1.807, 2.05) is 61.5 Å². The van der Waals surface area contributed by atoms with Crippen LogP contribution in [0.1, 0.15) is 156 Å². The van der Waals surface area contributed by atoms with Crippen LogP contribution in [-0.2, 0) is 52.7 Å². The fourth-order valence-corrected chi connectivity index (χ4v) is 10.7. The second-order valence-electron chi connectivity index (χ2n) is 26.1. The molecule has 514 valence electrons. The Labute approximate surface area is 546 Å². The van der Waals surface area contributed by atoms with E-state index in [1.165, 1.54) is 87.7 Å². The van der Waals surface area contributed by atoms with Crippen molar-refractivity contribution in [2.24, 2.45) is 41.4 Å². The van der Waals surface area contributed by atoms with Gasteiger partial charge < -0.3 is 60.7 Å². The van der Waals surface area contributed by atoms with Crippen molar-refractivity contribution in [1.29, 1.82) is 0 Å². The number of hydrogen-bond donors (Lipinski definition) is 5. The molecule has 11 amide bonds. The SMILES string of the molecule is C=C.CC=CC[C@@H](C)[C@@H](O)[C@H]1C(=O)N[C@@H](CC)C(=O)N(C)CC(=O)N(C)[C@@H](CC(C)C)C(=O)N[C@@H](C(C)C)C(=O)N(C)[C@@H](CC(C)C)C(=O)N[C@@H](C)C(=O)N[C@H](C)C(=O)N(C)[C@@H](CC(C)C)C(=O)N(C)[C@@H](CC(C)C)C(=O)N(C)[C@@H](C(C)C)C(=O)N1C.Cl.Cl. The molecule has 0 saturated carbocycles.